The van der Waals surface area contributed by atoms with Gasteiger partial charge in [-0.2, -0.15) is 18.3 Å². The second-order valence-electron chi connectivity index (χ2n) is 3.55. The highest BCUT2D eigenvalue weighted by molar-refractivity contribution is 6.02. The molecule has 0 amide bonds. The molecule has 1 heterocycles. The van der Waals surface area contributed by atoms with Crippen LogP contribution in [0, 0.1) is 0 Å². The predicted molar refractivity (Wildman–Crippen MR) is 57.1 cm³/mol. The monoisotopic (exact) mass is 258 g/mol. The normalized spacial score (nSPS) is 11.8. The van der Waals surface area contributed by atoms with E-state index in [2.05, 4.69) is 10.2 Å². The number of rotatable bonds is 2. The van der Waals surface area contributed by atoms with E-state index in [1.54, 1.807) is 6.92 Å². The number of aromatic amines is 1. The molecule has 2 aromatic rings. The number of fused-ring (bicyclic) bond motifs is 1. The van der Waals surface area contributed by atoms with Crippen LogP contribution in [0.1, 0.15) is 23.0 Å². The lowest BCUT2D eigenvalue weighted by molar-refractivity contribution is -0.137. The number of esters is 1. The van der Waals surface area contributed by atoms with Crippen LogP contribution in [0.25, 0.3) is 10.9 Å². The van der Waals surface area contributed by atoms with Gasteiger partial charge in [0.1, 0.15) is 0 Å². The van der Waals surface area contributed by atoms with Crippen molar-refractivity contribution in [3.63, 3.8) is 0 Å². The van der Waals surface area contributed by atoms with Crippen LogP contribution in [0.3, 0.4) is 0 Å². The van der Waals surface area contributed by atoms with E-state index in [0.717, 1.165) is 12.1 Å². The van der Waals surface area contributed by atoms with Crippen molar-refractivity contribution in [3.05, 3.63) is 29.5 Å². The van der Waals surface area contributed by atoms with Crippen LogP contribution in [0.5, 0.6) is 0 Å². The first-order valence-electron chi connectivity index (χ1n) is 5.16. The van der Waals surface area contributed by atoms with Gasteiger partial charge in [-0.05, 0) is 25.1 Å². The second-order valence-corrected chi connectivity index (χ2v) is 3.55. The number of ether oxygens (including phenoxy) is 1. The highest BCUT2D eigenvalue weighted by Crippen LogP contribution is 2.31. The number of nitrogens with one attached hydrogen (secondary N) is 1. The molecule has 0 aliphatic heterocycles. The van der Waals surface area contributed by atoms with Crippen molar-refractivity contribution in [2.45, 2.75) is 13.1 Å². The number of aromatic nitrogens is 2. The van der Waals surface area contributed by atoms with Gasteiger partial charge in [-0.1, -0.05) is 0 Å². The molecule has 0 saturated heterocycles. The molecule has 1 N–H and O–H groups in total. The lowest BCUT2D eigenvalue weighted by Gasteiger charge is -2.06. The minimum Gasteiger partial charge on any atom is -0.461 e. The number of carbonyl (C=O) groups excluding carboxylic acids is 1. The Morgan fingerprint density at radius 3 is 2.78 bits per heavy atom. The maximum absolute atomic E-state index is 12.6. The van der Waals surface area contributed by atoms with Crippen LogP contribution < -0.4 is 0 Å². The zero-order chi connectivity index (χ0) is 13.3. The van der Waals surface area contributed by atoms with Gasteiger partial charge in [0, 0.05) is 5.39 Å². The molecular formula is C11H9F3N2O2. The molecular weight excluding hydrogens is 249 g/mol. The summed E-state index contributed by atoms with van der Waals surface area (Å²) in [6.07, 6.45) is -4.46. The van der Waals surface area contributed by atoms with Crippen LogP contribution in [0.4, 0.5) is 13.2 Å². The molecule has 0 fully saturated rings. The molecule has 0 saturated carbocycles. The van der Waals surface area contributed by atoms with Crippen molar-refractivity contribution in [2.24, 2.45) is 0 Å². The Morgan fingerprint density at radius 1 is 1.44 bits per heavy atom. The number of halogens is 3. The predicted octanol–water partition coefficient (Wildman–Crippen LogP) is 2.76. The van der Waals surface area contributed by atoms with E-state index in [-0.39, 0.29) is 17.7 Å². The number of hydrogen-bond acceptors (Lipinski definition) is 3. The second kappa shape index (κ2) is 4.32. The first kappa shape index (κ1) is 12.4. The maximum atomic E-state index is 12.6. The van der Waals surface area contributed by atoms with Crippen molar-refractivity contribution in [2.75, 3.05) is 6.61 Å². The van der Waals surface area contributed by atoms with Crippen LogP contribution in [-0.2, 0) is 10.9 Å². The van der Waals surface area contributed by atoms with Gasteiger partial charge >= 0.3 is 12.1 Å². The Labute approximate surface area is 99.7 Å². The van der Waals surface area contributed by atoms with Crippen LogP contribution >= 0.6 is 0 Å². The van der Waals surface area contributed by atoms with Gasteiger partial charge in [0.2, 0.25) is 0 Å². The van der Waals surface area contributed by atoms with Crippen LogP contribution in [0.15, 0.2) is 18.2 Å². The minimum absolute atomic E-state index is 0.100. The molecule has 1 aromatic heterocycles. The van der Waals surface area contributed by atoms with E-state index in [1.165, 1.54) is 6.07 Å². The topological polar surface area (TPSA) is 55.0 Å². The Balaban J connectivity index is 2.53. The van der Waals surface area contributed by atoms with E-state index in [4.69, 9.17) is 4.74 Å². The van der Waals surface area contributed by atoms with E-state index < -0.39 is 17.7 Å². The highest BCUT2D eigenvalue weighted by atomic mass is 19.4. The van der Waals surface area contributed by atoms with Gasteiger partial charge in [-0.15, -0.1) is 0 Å². The summed E-state index contributed by atoms with van der Waals surface area (Å²) in [5, 5.41) is 6.26. The number of nitrogens with zero attached hydrogens (tertiary/aromatic N) is 1. The summed E-state index contributed by atoms with van der Waals surface area (Å²) in [4.78, 5) is 11.5. The Kier molecular flexibility index (Phi) is 2.98. The van der Waals surface area contributed by atoms with Crippen molar-refractivity contribution in [3.8, 4) is 0 Å². The smallest absolute Gasteiger partial charge is 0.416 e. The molecule has 0 bridgehead atoms. The lowest BCUT2D eigenvalue weighted by Crippen LogP contribution is -2.07. The molecule has 0 aliphatic carbocycles. The van der Waals surface area contributed by atoms with E-state index >= 15 is 0 Å². The Bertz CT molecular complexity index is 589. The molecule has 18 heavy (non-hydrogen) atoms. The molecule has 0 spiro atoms. The number of carbonyl (C=O) groups is 1. The van der Waals surface area contributed by atoms with Gasteiger partial charge < -0.3 is 4.74 Å². The maximum Gasteiger partial charge on any atom is 0.416 e. The third kappa shape index (κ3) is 2.15. The van der Waals surface area contributed by atoms with Crippen molar-refractivity contribution < 1.29 is 22.7 Å². The summed E-state index contributed by atoms with van der Waals surface area (Å²) in [6.45, 7) is 1.74. The molecule has 0 atom stereocenters. The summed E-state index contributed by atoms with van der Waals surface area (Å²) >= 11 is 0. The largest absolute Gasteiger partial charge is 0.461 e. The molecule has 4 nitrogen and oxygen atoms in total. The average Bonchev–Trinajstić information content (AvgIpc) is 2.70. The lowest BCUT2D eigenvalue weighted by atomic mass is 10.1. The molecule has 0 aliphatic rings. The van der Waals surface area contributed by atoms with Gasteiger partial charge in [-0.3, -0.25) is 5.10 Å². The fraction of sp³-hybridized carbons (Fsp3) is 0.273. The zero-order valence-corrected chi connectivity index (χ0v) is 9.34. The highest BCUT2D eigenvalue weighted by Gasteiger charge is 2.31. The molecule has 96 valence electrons. The van der Waals surface area contributed by atoms with Gasteiger partial charge in [-0.25, -0.2) is 4.79 Å². The summed E-state index contributed by atoms with van der Waals surface area (Å²) in [5.74, 6) is -0.747. The first-order chi connectivity index (χ1) is 8.43. The number of benzene rings is 1. The van der Waals surface area contributed by atoms with Gasteiger partial charge in [0.05, 0.1) is 17.7 Å². The van der Waals surface area contributed by atoms with Crippen molar-refractivity contribution in [1.29, 1.82) is 0 Å². The van der Waals surface area contributed by atoms with Crippen LogP contribution in [-0.4, -0.2) is 22.8 Å². The quantitative estimate of drug-likeness (QED) is 0.842. The van der Waals surface area contributed by atoms with E-state index in [9.17, 15) is 18.0 Å². The first-order valence-corrected chi connectivity index (χ1v) is 5.16. The van der Waals surface area contributed by atoms with E-state index in [0.29, 0.717) is 5.52 Å². The SMILES string of the molecule is CCOC(=O)c1n[nH]c2ccc(C(F)(F)F)cc12. The molecule has 7 heteroatoms. The minimum atomic E-state index is -4.46. The van der Waals surface area contributed by atoms with Gasteiger partial charge in [0.25, 0.3) is 0 Å². The van der Waals surface area contributed by atoms with Gasteiger partial charge in [0.15, 0.2) is 5.69 Å². The molecule has 0 radical (unpaired) electrons. The zero-order valence-electron chi connectivity index (χ0n) is 9.34. The fourth-order valence-electron chi connectivity index (χ4n) is 1.55. The third-order valence-corrected chi connectivity index (χ3v) is 2.36. The number of hydrogen-bond donors (Lipinski definition) is 1. The third-order valence-electron chi connectivity index (χ3n) is 2.36. The summed E-state index contributed by atoms with van der Waals surface area (Å²) in [7, 11) is 0. The average molecular weight is 258 g/mol. The van der Waals surface area contributed by atoms with Crippen molar-refractivity contribution >= 4 is 16.9 Å². The Hall–Kier alpha value is -2.05. The number of H-pyrrole nitrogens is 1. The summed E-state index contributed by atoms with van der Waals surface area (Å²) < 4.78 is 42.4. The summed E-state index contributed by atoms with van der Waals surface area (Å²) in [5.41, 5.74) is -0.619. The standard InChI is InChI=1S/C11H9F3N2O2/c1-2-18-10(17)9-7-5-6(11(12,13)14)3-4-8(7)15-16-9/h3-5H,2H2,1H3,(H,15,16). The Morgan fingerprint density at radius 2 is 2.17 bits per heavy atom. The van der Waals surface area contributed by atoms with Crippen molar-refractivity contribution in [1.82, 2.24) is 10.2 Å². The molecule has 0 unspecified atom stereocenters. The van der Waals surface area contributed by atoms with Crippen LogP contribution in [0.2, 0.25) is 0 Å². The molecule has 1 aromatic carbocycles. The molecule has 2 rings (SSSR count). The fourth-order valence-corrected chi connectivity index (χ4v) is 1.55. The summed E-state index contributed by atoms with van der Waals surface area (Å²) in [6, 6.07) is 3.04. The number of alkyl halides is 3. The van der Waals surface area contributed by atoms with E-state index in [1.807, 2.05) is 0 Å².